The van der Waals surface area contributed by atoms with Crippen LogP contribution >= 0.6 is 0 Å². The number of nitrogens with zero attached hydrogens (tertiary/aromatic N) is 1. The Hall–Kier alpha value is -2.82. The Kier molecular flexibility index (Phi) is 8.01. The van der Waals surface area contributed by atoms with E-state index in [1.807, 2.05) is 44.1 Å². The quantitative estimate of drug-likeness (QED) is 0.370. The zero-order chi connectivity index (χ0) is 26.8. The van der Waals surface area contributed by atoms with Gasteiger partial charge in [-0.2, -0.15) is 5.10 Å². The molecular weight excluding hydrogens is 460 g/mol. The number of carbonyl (C=O) groups is 3. The lowest BCUT2D eigenvalue weighted by molar-refractivity contribution is -0.127. The van der Waals surface area contributed by atoms with Crippen LogP contribution in [-0.2, 0) is 16.0 Å². The molecular formula is C32H42N2O3. The van der Waals surface area contributed by atoms with Crippen LogP contribution < -0.4 is 5.43 Å². The van der Waals surface area contributed by atoms with E-state index in [0.717, 1.165) is 49.3 Å². The Morgan fingerprint density at radius 1 is 1.03 bits per heavy atom. The maximum atomic E-state index is 12.6. The van der Waals surface area contributed by atoms with Crippen molar-refractivity contribution in [1.29, 1.82) is 0 Å². The van der Waals surface area contributed by atoms with E-state index in [4.69, 9.17) is 4.79 Å². The number of amides is 1. The van der Waals surface area contributed by atoms with Gasteiger partial charge in [0.05, 0.1) is 5.71 Å². The fourth-order valence-corrected chi connectivity index (χ4v) is 8.47. The summed E-state index contributed by atoms with van der Waals surface area (Å²) in [5, 5.41) is 4.53. The highest BCUT2D eigenvalue weighted by Crippen LogP contribution is 2.66. The van der Waals surface area contributed by atoms with Crippen molar-refractivity contribution < 1.29 is 14.4 Å². The summed E-state index contributed by atoms with van der Waals surface area (Å²) in [6, 6.07) is 7.63. The highest BCUT2D eigenvalue weighted by molar-refractivity contribution is 5.99. The molecule has 0 saturated heterocycles. The summed E-state index contributed by atoms with van der Waals surface area (Å²) >= 11 is 0. The highest BCUT2D eigenvalue weighted by atomic mass is 16.2. The first-order valence-corrected chi connectivity index (χ1v) is 13.8. The smallest absolute Gasteiger partial charge is 0.271 e. The summed E-state index contributed by atoms with van der Waals surface area (Å²) in [7, 11) is 0. The third-order valence-corrected chi connectivity index (χ3v) is 10.4. The average Bonchev–Trinajstić information content (AvgIpc) is 3.26. The first-order valence-electron chi connectivity index (χ1n) is 13.8. The number of hydrogen-bond acceptors (Lipinski definition) is 4. The van der Waals surface area contributed by atoms with Gasteiger partial charge in [0.25, 0.3) is 5.91 Å². The minimum Gasteiger partial charge on any atom is -0.307 e. The predicted octanol–water partition coefficient (Wildman–Crippen LogP) is 6.48. The molecule has 0 bridgehead atoms. The molecule has 4 aliphatic carbocycles. The molecule has 5 rings (SSSR count). The summed E-state index contributed by atoms with van der Waals surface area (Å²) in [4.78, 5) is 33.0. The molecule has 3 saturated carbocycles. The van der Waals surface area contributed by atoms with E-state index in [1.165, 1.54) is 31.3 Å². The monoisotopic (exact) mass is 502 g/mol. The van der Waals surface area contributed by atoms with E-state index < -0.39 is 0 Å². The zero-order valence-corrected chi connectivity index (χ0v) is 22.7. The van der Waals surface area contributed by atoms with Crippen LogP contribution in [0.3, 0.4) is 0 Å². The summed E-state index contributed by atoms with van der Waals surface area (Å²) < 4.78 is 0. The third kappa shape index (κ3) is 4.89. The minimum absolute atomic E-state index is 0.161. The third-order valence-electron chi connectivity index (χ3n) is 10.4. The van der Waals surface area contributed by atoms with Gasteiger partial charge in [0.15, 0.2) is 0 Å². The van der Waals surface area contributed by atoms with E-state index in [0.29, 0.717) is 23.2 Å². The van der Waals surface area contributed by atoms with Gasteiger partial charge in [-0.05, 0) is 117 Å². The average molecular weight is 503 g/mol. The molecule has 1 amide bonds. The van der Waals surface area contributed by atoms with Crippen LogP contribution in [0.2, 0.25) is 0 Å². The van der Waals surface area contributed by atoms with Crippen molar-refractivity contribution in [2.24, 2.45) is 39.6 Å². The van der Waals surface area contributed by atoms with Crippen molar-refractivity contribution >= 4 is 24.2 Å². The predicted molar refractivity (Wildman–Crippen MR) is 148 cm³/mol. The van der Waals surface area contributed by atoms with Crippen LogP contribution in [0.25, 0.3) is 0 Å². The van der Waals surface area contributed by atoms with Gasteiger partial charge in [-0.25, -0.2) is 5.43 Å². The van der Waals surface area contributed by atoms with Gasteiger partial charge in [0, 0.05) is 11.5 Å². The number of Topliss-reactive ketones (excluding diaryl/α,β-unsaturated/α-hetero) is 1. The molecule has 6 atom stereocenters. The second-order valence-electron chi connectivity index (χ2n) is 12.0. The molecule has 4 aliphatic rings. The van der Waals surface area contributed by atoms with Crippen molar-refractivity contribution in [2.75, 3.05) is 0 Å². The van der Waals surface area contributed by atoms with Gasteiger partial charge in [-0.3, -0.25) is 9.59 Å². The SMILES string of the molecule is C=CCc1ccc(C(=O)N/N=C2/C=C3CCC4C(CCC5(C)C(C(C)=O)CCC45)C3(C)CC2)cc1.C=O. The van der Waals surface area contributed by atoms with Crippen molar-refractivity contribution in [3.05, 3.63) is 59.7 Å². The molecule has 5 nitrogen and oxygen atoms in total. The lowest BCUT2D eigenvalue weighted by atomic mass is 9.46. The van der Waals surface area contributed by atoms with Crippen LogP contribution in [0.4, 0.5) is 0 Å². The summed E-state index contributed by atoms with van der Waals surface area (Å²) in [5.41, 5.74) is 7.51. The largest absolute Gasteiger partial charge is 0.307 e. The van der Waals surface area contributed by atoms with Crippen LogP contribution in [0.1, 0.15) is 88.1 Å². The van der Waals surface area contributed by atoms with Crippen molar-refractivity contribution in [3.8, 4) is 0 Å². The Balaban J connectivity index is 0.00000156. The maximum Gasteiger partial charge on any atom is 0.271 e. The molecule has 0 aromatic heterocycles. The Labute approximate surface area is 221 Å². The fourth-order valence-electron chi connectivity index (χ4n) is 8.47. The lowest BCUT2D eigenvalue weighted by Gasteiger charge is -2.58. The molecule has 0 heterocycles. The minimum atomic E-state index is -0.161. The number of carbonyl (C=O) groups excluding carboxylic acids is 3. The molecule has 1 aromatic carbocycles. The second kappa shape index (κ2) is 10.9. The molecule has 0 spiro atoms. The Morgan fingerprint density at radius 3 is 2.43 bits per heavy atom. The number of nitrogens with one attached hydrogen (secondary N) is 1. The number of fused-ring (bicyclic) bond motifs is 5. The van der Waals surface area contributed by atoms with E-state index >= 15 is 0 Å². The van der Waals surface area contributed by atoms with E-state index in [-0.39, 0.29) is 22.7 Å². The van der Waals surface area contributed by atoms with Crippen molar-refractivity contribution in [3.63, 3.8) is 0 Å². The number of ketones is 1. The molecule has 6 unspecified atom stereocenters. The summed E-state index contributed by atoms with van der Waals surface area (Å²) in [6.45, 7) is 12.5. The first-order chi connectivity index (χ1) is 17.8. The summed E-state index contributed by atoms with van der Waals surface area (Å²) in [5.74, 6) is 2.65. The maximum absolute atomic E-state index is 12.6. The summed E-state index contributed by atoms with van der Waals surface area (Å²) in [6.07, 6.45) is 14.0. The normalized spacial score (nSPS) is 35.1. The fraction of sp³-hybridized carbons (Fsp3) is 0.562. The number of hydrogen-bond donors (Lipinski definition) is 1. The molecule has 37 heavy (non-hydrogen) atoms. The van der Waals surface area contributed by atoms with Crippen molar-refractivity contribution in [2.45, 2.75) is 78.6 Å². The molecule has 0 radical (unpaired) electrons. The van der Waals surface area contributed by atoms with Crippen LogP contribution in [0, 0.1) is 34.5 Å². The standard InChI is InChI=1S/C31H40N2O2.CH2O/c1-5-6-21-7-9-22(10-8-21)29(35)33-32-24-15-17-30(3)23(19-24)11-12-25-27-14-13-26(20(2)34)31(27,4)18-16-28(25)30;1-2/h5,7-10,19,25-28H,1,6,11-18H2,2-4H3,(H,33,35);1H2/b32-24+;. The van der Waals surface area contributed by atoms with Crippen molar-refractivity contribution in [1.82, 2.24) is 5.43 Å². The van der Waals surface area contributed by atoms with Crippen LogP contribution in [0.15, 0.2) is 53.7 Å². The molecule has 5 heteroatoms. The number of rotatable bonds is 5. The van der Waals surface area contributed by atoms with E-state index in [2.05, 4.69) is 37.0 Å². The van der Waals surface area contributed by atoms with Gasteiger partial charge < -0.3 is 4.79 Å². The molecule has 1 N–H and O–H groups in total. The molecule has 0 aliphatic heterocycles. The van der Waals surface area contributed by atoms with Crippen LogP contribution in [-0.4, -0.2) is 24.2 Å². The van der Waals surface area contributed by atoms with Gasteiger partial charge in [0.2, 0.25) is 0 Å². The Morgan fingerprint density at radius 2 is 1.76 bits per heavy atom. The number of allylic oxidation sites excluding steroid dienone is 3. The molecule has 3 fully saturated rings. The van der Waals surface area contributed by atoms with Gasteiger partial charge in [0.1, 0.15) is 12.6 Å². The van der Waals surface area contributed by atoms with Gasteiger partial charge in [-0.15, -0.1) is 6.58 Å². The zero-order valence-electron chi connectivity index (χ0n) is 22.7. The first kappa shape index (κ1) is 27.2. The molecule has 1 aromatic rings. The second-order valence-corrected chi connectivity index (χ2v) is 12.0. The van der Waals surface area contributed by atoms with Crippen LogP contribution in [0.5, 0.6) is 0 Å². The van der Waals surface area contributed by atoms with E-state index in [9.17, 15) is 9.59 Å². The highest BCUT2D eigenvalue weighted by Gasteiger charge is 2.59. The van der Waals surface area contributed by atoms with Gasteiger partial charge >= 0.3 is 0 Å². The number of benzene rings is 1. The van der Waals surface area contributed by atoms with Gasteiger partial charge in [-0.1, -0.05) is 37.6 Å². The van der Waals surface area contributed by atoms with E-state index in [1.54, 1.807) is 0 Å². The topological polar surface area (TPSA) is 75.6 Å². The molecule has 198 valence electrons. The Bertz CT molecular complexity index is 1100. The number of hydrazone groups is 1. The lowest BCUT2D eigenvalue weighted by Crippen LogP contribution is -2.51.